The molecule has 1 saturated heterocycles. The molecule has 1 aromatic rings. The molecule has 2 heterocycles. The summed E-state index contributed by atoms with van der Waals surface area (Å²) >= 11 is 0.785. The van der Waals surface area contributed by atoms with Gasteiger partial charge in [0.2, 0.25) is 15.4 Å². The molecule has 0 aromatic carbocycles. The van der Waals surface area contributed by atoms with Crippen LogP contribution in [0.15, 0.2) is 4.34 Å². The monoisotopic (exact) mass is 336 g/mol. The van der Waals surface area contributed by atoms with Crippen molar-refractivity contribution in [2.45, 2.75) is 30.4 Å². The molecule has 2 N–H and O–H groups in total. The summed E-state index contributed by atoms with van der Waals surface area (Å²) in [6.07, 6.45) is -0.889. The molecule has 0 spiro atoms. The Balaban J connectivity index is 2.20. The van der Waals surface area contributed by atoms with Crippen LogP contribution in [0.2, 0.25) is 0 Å². The van der Waals surface area contributed by atoms with Crippen LogP contribution in [-0.4, -0.2) is 65.8 Å². The van der Waals surface area contributed by atoms with E-state index in [1.54, 1.807) is 6.92 Å². The number of ether oxygens (including phenoxy) is 1. The van der Waals surface area contributed by atoms with Gasteiger partial charge in [-0.2, -0.15) is 4.31 Å². The second kappa shape index (κ2) is 6.32. The largest absolute Gasteiger partial charge is 0.394 e. The van der Waals surface area contributed by atoms with Crippen molar-refractivity contribution in [1.82, 2.24) is 14.5 Å². The Morgan fingerprint density at radius 1 is 1.52 bits per heavy atom. The summed E-state index contributed by atoms with van der Waals surface area (Å²) in [5.41, 5.74) is 0. The van der Waals surface area contributed by atoms with E-state index in [1.807, 2.05) is 0 Å². The van der Waals surface area contributed by atoms with E-state index in [2.05, 4.69) is 15.5 Å². The first kappa shape index (κ1) is 16.2. The number of morpholine rings is 1. The SMILES string of the molecule is CC(=O)Nc1nnc(S(=O)(=O)N2CC(C)OC(CO)C2)s1. The summed E-state index contributed by atoms with van der Waals surface area (Å²) < 4.78 is 31.4. The molecule has 1 aliphatic heterocycles. The average molecular weight is 336 g/mol. The first-order valence-electron chi connectivity index (χ1n) is 6.20. The zero-order chi connectivity index (χ0) is 15.6. The normalized spacial score (nSPS) is 24.0. The molecular weight excluding hydrogens is 320 g/mol. The van der Waals surface area contributed by atoms with Crippen LogP contribution < -0.4 is 5.32 Å². The first-order chi connectivity index (χ1) is 9.82. The maximum atomic E-state index is 12.5. The van der Waals surface area contributed by atoms with Gasteiger partial charge in [0, 0.05) is 20.0 Å². The van der Waals surface area contributed by atoms with E-state index >= 15 is 0 Å². The number of carbonyl (C=O) groups excluding carboxylic acids is 1. The highest BCUT2D eigenvalue weighted by Gasteiger charge is 2.35. The van der Waals surface area contributed by atoms with E-state index in [9.17, 15) is 13.2 Å². The van der Waals surface area contributed by atoms with Crippen LogP contribution in [0.5, 0.6) is 0 Å². The molecule has 11 heteroatoms. The molecule has 2 rings (SSSR count). The van der Waals surface area contributed by atoms with E-state index < -0.39 is 16.1 Å². The molecule has 1 amide bonds. The molecule has 1 fully saturated rings. The number of nitrogens with one attached hydrogen (secondary N) is 1. The molecule has 9 nitrogen and oxygen atoms in total. The topological polar surface area (TPSA) is 122 Å². The number of nitrogens with zero attached hydrogens (tertiary/aromatic N) is 3. The van der Waals surface area contributed by atoms with Crippen molar-refractivity contribution in [1.29, 1.82) is 0 Å². The molecule has 118 valence electrons. The molecule has 2 atom stereocenters. The number of aliphatic hydroxyl groups excluding tert-OH is 1. The van der Waals surface area contributed by atoms with Crippen LogP contribution in [0, 0.1) is 0 Å². The fourth-order valence-corrected chi connectivity index (χ4v) is 4.56. The van der Waals surface area contributed by atoms with Crippen LogP contribution in [0.4, 0.5) is 5.13 Å². The Kier molecular flexibility index (Phi) is 4.88. The second-order valence-corrected chi connectivity index (χ2v) is 7.72. The number of aliphatic hydroxyl groups is 1. The van der Waals surface area contributed by atoms with Crippen LogP contribution in [-0.2, 0) is 19.6 Å². The lowest BCUT2D eigenvalue weighted by Gasteiger charge is -2.34. The lowest BCUT2D eigenvalue weighted by Crippen LogP contribution is -2.50. The smallest absolute Gasteiger partial charge is 0.272 e. The summed E-state index contributed by atoms with van der Waals surface area (Å²) in [7, 11) is -3.82. The summed E-state index contributed by atoms with van der Waals surface area (Å²) in [5, 5.41) is 18.9. The molecule has 0 aliphatic carbocycles. The molecule has 0 bridgehead atoms. The molecule has 21 heavy (non-hydrogen) atoms. The molecule has 1 aliphatic rings. The maximum Gasteiger partial charge on any atom is 0.272 e. The lowest BCUT2D eigenvalue weighted by molar-refractivity contribution is -0.114. The first-order valence-corrected chi connectivity index (χ1v) is 8.46. The fraction of sp³-hybridized carbons (Fsp3) is 0.700. The van der Waals surface area contributed by atoms with Gasteiger partial charge in [0.15, 0.2) is 0 Å². The number of hydrogen-bond donors (Lipinski definition) is 2. The van der Waals surface area contributed by atoms with Gasteiger partial charge in [-0.15, -0.1) is 10.2 Å². The van der Waals surface area contributed by atoms with E-state index in [1.165, 1.54) is 11.2 Å². The van der Waals surface area contributed by atoms with Gasteiger partial charge in [0.25, 0.3) is 10.0 Å². The minimum Gasteiger partial charge on any atom is -0.394 e. The summed E-state index contributed by atoms with van der Waals surface area (Å²) in [6.45, 7) is 2.99. The van der Waals surface area contributed by atoms with E-state index in [0.717, 1.165) is 11.3 Å². The van der Waals surface area contributed by atoms with Crippen LogP contribution in [0.25, 0.3) is 0 Å². The Morgan fingerprint density at radius 2 is 2.24 bits per heavy atom. The van der Waals surface area contributed by atoms with Crippen molar-refractivity contribution in [2.24, 2.45) is 0 Å². The zero-order valence-corrected chi connectivity index (χ0v) is 13.1. The third kappa shape index (κ3) is 3.74. The van der Waals surface area contributed by atoms with Gasteiger partial charge < -0.3 is 15.2 Å². The number of carbonyl (C=O) groups is 1. The van der Waals surface area contributed by atoms with Crippen LogP contribution >= 0.6 is 11.3 Å². The predicted molar refractivity (Wildman–Crippen MR) is 74.4 cm³/mol. The van der Waals surface area contributed by atoms with Crippen molar-refractivity contribution in [2.75, 3.05) is 25.0 Å². The van der Waals surface area contributed by atoms with Gasteiger partial charge in [0.05, 0.1) is 18.8 Å². The lowest BCUT2D eigenvalue weighted by atomic mass is 10.2. The molecule has 1 aromatic heterocycles. The van der Waals surface area contributed by atoms with Crippen LogP contribution in [0.3, 0.4) is 0 Å². The van der Waals surface area contributed by atoms with Gasteiger partial charge in [0.1, 0.15) is 0 Å². The summed E-state index contributed by atoms with van der Waals surface area (Å²) in [6, 6.07) is 0. The minimum absolute atomic E-state index is 0.0538. The predicted octanol–water partition coefficient (Wildman–Crippen LogP) is -0.733. The van der Waals surface area contributed by atoms with Gasteiger partial charge in [-0.1, -0.05) is 11.3 Å². The number of sulfonamides is 1. The van der Waals surface area contributed by atoms with Crippen LogP contribution in [0.1, 0.15) is 13.8 Å². The van der Waals surface area contributed by atoms with Gasteiger partial charge >= 0.3 is 0 Å². The molecule has 2 unspecified atom stereocenters. The van der Waals surface area contributed by atoms with Gasteiger partial charge in [-0.3, -0.25) is 4.79 Å². The second-order valence-electron chi connectivity index (χ2n) is 4.63. The summed E-state index contributed by atoms with van der Waals surface area (Å²) in [4.78, 5) is 10.9. The number of aromatic nitrogens is 2. The van der Waals surface area contributed by atoms with Gasteiger partial charge in [-0.05, 0) is 6.92 Å². The third-order valence-corrected chi connectivity index (χ3v) is 5.76. The highest BCUT2D eigenvalue weighted by molar-refractivity contribution is 7.91. The van der Waals surface area contributed by atoms with Crippen molar-refractivity contribution in [3.63, 3.8) is 0 Å². The van der Waals surface area contributed by atoms with E-state index in [-0.39, 0.29) is 41.2 Å². The maximum absolute atomic E-state index is 12.5. The molecule has 0 radical (unpaired) electrons. The summed E-state index contributed by atoms with van der Waals surface area (Å²) in [5.74, 6) is -0.351. The van der Waals surface area contributed by atoms with Crippen molar-refractivity contribution in [3.8, 4) is 0 Å². The van der Waals surface area contributed by atoms with E-state index in [4.69, 9.17) is 9.84 Å². The minimum atomic E-state index is -3.82. The number of anilines is 1. The number of amides is 1. The van der Waals surface area contributed by atoms with Crippen molar-refractivity contribution < 1.29 is 23.1 Å². The van der Waals surface area contributed by atoms with Crippen molar-refractivity contribution >= 4 is 32.4 Å². The Morgan fingerprint density at radius 3 is 2.86 bits per heavy atom. The Labute approximate surface area is 126 Å². The average Bonchev–Trinajstić information content (AvgIpc) is 2.86. The zero-order valence-electron chi connectivity index (χ0n) is 11.5. The Bertz CT molecular complexity index is 617. The fourth-order valence-electron chi connectivity index (χ4n) is 1.93. The highest BCUT2D eigenvalue weighted by Crippen LogP contribution is 2.25. The van der Waals surface area contributed by atoms with Crippen molar-refractivity contribution in [3.05, 3.63) is 0 Å². The van der Waals surface area contributed by atoms with E-state index in [0.29, 0.717) is 0 Å². The van der Waals surface area contributed by atoms with Gasteiger partial charge in [-0.25, -0.2) is 8.42 Å². The Hall–Kier alpha value is -1.14. The third-order valence-electron chi connectivity index (χ3n) is 2.75. The number of hydrogen-bond acceptors (Lipinski definition) is 8. The standard InChI is InChI=1S/C10H16N4O5S2/c1-6-3-14(4-8(5-15)19-6)21(17,18)10-13-12-9(20-10)11-7(2)16/h6,8,15H,3-5H2,1-2H3,(H,11,12,16). The number of rotatable bonds is 4. The highest BCUT2D eigenvalue weighted by atomic mass is 32.2. The molecular formula is C10H16N4O5S2. The molecule has 0 saturated carbocycles. The quantitative estimate of drug-likeness (QED) is 0.695.